The highest BCUT2D eigenvalue weighted by molar-refractivity contribution is 6.30. The number of benzene rings is 2. The molecule has 2 amide bonds. The third kappa shape index (κ3) is 4.60. The summed E-state index contributed by atoms with van der Waals surface area (Å²) in [5.74, 6) is -0.219. The van der Waals surface area contributed by atoms with Gasteiger partial charge in [0.2, 0.25) is 5.91 Å². The van der Waals surface area contributed by atoms with Crippen LogP contribution in [0.15, 0.2) is 48.5 Å². The van der Waals surface area contributed by atoms with E-state index in [4.69, 9.17) is 11.6 Å². The van der Waals surface area contributed by atoms with Crippen molar-refractivity contribution in [2.75, 3.05) is 12.4 Å². The molecule has 0 spiro atoms. The van der Waals surface area contributed by atoms with Crippen molar-refractivity contribution < 1.29 is 9.59 Å². The summed E-state index contributed by atoms with van der Waals surface area (Å²) in [6.07, 6.45) is 1.04. The first-order valence-corrected chi connectivity index (χ1v) is 7.33. The van der Waals surface area contributed by atoms with Gasteiger partial charge in [0.1, 0.15) is 0 Å². The molecule has 0 aliphatic heterocycles. The van der Waals surface area contributed by atoms with Gasteiger partial charge in [0.15, 0.2) is 0 Å². The number of aryl methyl sites for hydroxylation is 1. The molecule has 114 valence electrons. The molecule has 0 heterocycles. The van der Waals surface area contributed by atoms with Gasteiger partial charge in [0.25, 0.3) is 5.91 Å². The fourth-order valence-corrected chi connectivity index (χ4v) is 2.11. The Morgan fingerprint density at radius 1 is 1.00 bits per heavy atom. The first-order valence-electron chi connectivity index (χ1n) is 6.95. The fraction of sp³-hybridized carbons (Fsp3) is 0.176. The first kappa shape index (κ1) is 16.0. The molecule has 0 unspecified atom stereocenters. The quantitative estimate of drug-likeness (QED) is 0.889. The Bertz CT molecular complexity index is 651. The summed E-state index contributed by atoms with van der Waals surface area (Å²) in [4.78, 5) is 23.3. The van der Waals surface area contributed by atoms with Gasteiger partial charge >= 0.3 is 0 Å². The van der Waals surface area contributed by atoms with Gasteiger partial charge in [-0.25, -0.2) is 0 Å². The standard InChI is InChI=1S/C17H17ClN2O2/c1-19-17(22)13-5-9-15(10-6-13)20-16(21)11-4-12-2-7-14(18)8-3-12/h2-3,5-10H,4,11H2,1H3,(H,19,22)(H,20,21). The van der Waals surface area contributed by atoms with Crippen LogP contribution in [0.5, 0.6) is 0 Å². The number of halogens is 1. The molecule has 2 aromatic rings. The number of hydrogen-bond acceptors (Lipinski definition) is 2. The van der Waals surface area contributed by atoms with E-state index in [2.05, 4.69) is 10.6 Å². The van der Waals surface area contributed by atoms with Crippen LogP contribution in [0.25, 0.3) is 0 Å². The summed E-state index contributed by atoms with van der Waals surface area (Å²) >= 11 is 5.82. The third-order valence-corrected chi connectivity index (χ3v) is 3.46. The van der Waals surface area contributed by atoms with Crippen molar-refractivity contribution in [1.29, 1.82) is 0 Å². The maximum absolute atomic E-state index is 11.9. The lowest BCUT2D eigenvalue weighted by Gasteiger charge is -2.06. The van der Waals surface area contributed by atoms with Crippen molar-refractivity contribution in [3.63, 3.8) is 0 Å². The van der Waals surface area contributed by atoms with Crippen molar-refractivity contribution in [2.24, 2.45) is 0 Å². The predicted octanol–water partition coefficient (Wildman–Crippen LogP) is 3.27. The molecule has 22 heavy (non-hydrogen) atoms. The molecule has 5 heteroatoms. The second-order valence-corrected chi connectivity index (χ2v) is 5.27. The van der Waals surface area contributed by atoms with E-state index in [1.807, 2.05) is 24.3 Å². The minimum absolute atomic E-state index is 0.0670. The van der Waals surface area contributed by atoms with E-state index < -0.39 is 0 Å². The Kier molecular flexibility index (Phi) is 5.55. The van der Waals surface area contributed by atoms with Crippen molar-refractivity contribution >= 4 is 29.1 Å². The maximum Gasteiger partial charge on any atom is 0.251 e. The SMILES string of the molecule is CNC(=O)c1ccc(NC(=O)CCc2ccc(Cl)cc2)cc1. The van der Waals surface area contributed by atoms with Gasteiger partial charge in [0, 0.05) is 29.7 Å². The molecular weight excluding hydrogens is 300 g/mol. The number of carbonyl (C=O) groups is 2. The summed E-state index contributed by atoms with van der Waals surface area (Å²) < 4.78 is 0. The second-order valence-electron chi connectivity index (χ2n) is 4.83. The van der Waals surface area contributed by atoms with Crippen molar-refractivity contribution in [3.8, 4) is 0 Å². The Morgan fingerprint density at radius 3 is 2.23 bits per heavy atom. The molecule has 0 radical (unpaired) electrons. The second kappa shape index (κ2) is 7.61. The Hall–Kier alpha value is -2.33. The summed E-state index contributed by atoms with van der Waals surface area (Å²) in [6.45, 7) is 0. The predicted molar refractivity (Wildman–Crippen MR) is 88.2 cm³/mol. The van der Waals surface area contributed by atoms with Gasteiger partial charge in [-0.1, -0.05) is 23.7 Å². The zero-order valence-electron chi connectivity index (χ0n) is 12.2. The summed E-state index contributed by atoms with van der Waals surface area (Å²) in [5, 5.41) is 6.04. The smallest absolute Gasteiger partial charge is 0.251 e. The van der Waals surface area contributed by atoms with Gasteiger partial charge in [-0.05, 0) is 48.4 Å². The van der Waals surface area contributed by atoms with Gasteiger partial charge < -0.3 is 10.6 Å². The number of anilines is 1. The monoisotopic (exact) mass is 316 g/mol. The summed E-state index contributed by atoms with van der Waals surface area (Å²) in [5.41, 5.74) is 2.30. The maximum atomic E-state index is 11.9. The van der Waals surface area contributed by atoms with Gasteiger partial charge in [-0.15, -0.1) is 0 Å². The van der Waals surface area contributed by atoms with Gasteiger partial charge in [-0.2, -0.15) is 0 Å². The number of rotatable bonds is 5. The highest BCUT2D eigenvalue weighted by Gasteiger charge is 2.05. The van der Waals surface area contributed by atoms with E-state index in [1.165, 1.54) is 0 Å². The van der Waals surface area contributed by atoms with Crippen LogP contribution in [-0.2, 0) is 11.2 Å². The highest BCUT2D eigenvalue weighted by Crippen LogP contribution is 2.13. The van der Waals surface area contributed by atoms with Crippen LogP contribution in [0, 0.1) is 0 Å². The lowest BCUT2D eigenvalue weighted by Crippen LogP contribution is -2.18. The number of carbonyl (C=O) groups excluding carboxylic acids is 2. The van der Waals surface area contributed by atoms with E-state index >= 15 is 0 Å². The molecule has 0 saturated carbocycles. The van der Waals surface area contributed by atoms with E-state index in [9.17, 15) is 9.59 Å². The normalized spacial score (nSPS) is 10.1. The van der Waals surface area contributed by atoms with E-state index in [1.54, 1.807) is 31.3 Å². The van der Waals surface area contributed by atoms with E-state index in [0.717, 1.165) is 5.56 Å². The Balaban J connectivity index is 1.86. The zero-order valence-corrected chi connectivity index (χ0v) is 13.0. The molecule has 0 saturated heterocycles. The van der Waals surface area contributed by atoms with Gasteiger partial charge in [0.05, 0.1) is 0 Å². The van der Waals surface area contributed by atoms with Gasteiger partial charge in [-0.3, -0.25) is 9.59 Å². The Labute approximate surface area is 134 Å². The van der Waals surface area contributed by atoms with E-state index in [0.29, 0.717) is 29.1 Å². The van der Waals surface area contributed by atoms with Crippen molar-refractivity contribution in [1.82, 2.24) is 5.32 Å². The lowest BCUT2D eigenvalue weighted by molar-refractivity contribution is -0.116. The number of hydrogen-bond donors (Lipinski definition) is 2. The lowest BCUT2D eigenvalue weighted by atomic mass is 10.1. The highest BCUT2D eigenvalue weighted by atomic mass is 35.5. The van der Waals surface area contributed by atoms with Crippen LogP contribution < -0.4 is 10.6 Å². The number of amides is 2. The minimum Gasteiger partial charge on any atom is -0.355 e. The molecule has 0 atom stereocenters. The fourth-order valence-electron chi connectivity index (χ4n) is 1.98. The molecular formula is C17H17ClN2O2. The molecule has 2 N–H and O–H groups in total. The van der Waals surface area contributed by atoms with Crippen molar-refractivity contribution in [2.45, 2.75) is 12.8 Å². The first-order chi connectivity index (χ1) is 10.6. The molecule has 4 nitrogen and oxygen atoms in total. The molecule has 2 rings (SSSR count). The minimum atomic E-state index is -0.152. The van der Waals surface area contributed by atoms with Crippen LogP contribution in [0.2, 0.25) is 5.02 Å². The molecule has 0 aliphatic carbocycles. The molecule has 2 aromatic carbocycles. The average Bonchev–Trinajstić information content (AvgIpc) is 2.54. The average molecular weight is 317 g/mol. The Morgan fingerprint density at radius 2 is 1.64 bits per heavy atom. The van der Waals surface area contributed by atoms with Crippen LogP contribution in [0.1, 0.15) is 22.3 Å². The van der Waals surface area contributed by atoms with Crippen LogP contribution in [0.3, 0.4) is 0 Å². The summed E-state index contributed by atoms with van der Waals surface area (Å²) in [6, 6.07) is 14.2. The molecule has 0 bridgehead atoms. The van der Waals surface area contributed by atoms with Crippen LogP contribution in [-0.4, -0.2) is 18.9 Å². The topological polar surface area (TPSA) is 58.2 Å². The molecule has 0 aliphatic rings. The number of nitrogens with one attached hydrogen (secondary N) is 2. The van der Waals surface area contributed by atoms with E-state index in [-0.39, 0.29) is 11.8 Å². The molecule has 0 aromatic heterocycles. The zero-order chi connectivity index (χ0) is 15.9. The largest absolute Gasteiger partial charge is 0.355 e. The third-order valence-electron chi connectivity index (χ3n) is 3.21. The molecule has 0 fully saturated rings. The van der Waals surface area contributed by atoms with Crippen molar-refractivity contribution in [3.05, 3.63) is 64.7 Å². The van der Waals surface area contributed by atoms with Crippen LogP contribution >= 0.6 is 11.6 Å². The summed E-state index contributed by atoms with van der Waals surface area (Å²) in [7, 11) is 1.58. The van der Waals surface area contributed by atoms with Crippen LogP contribution in [0.4, 0.5) is 5.69 Å².